The predicted octanol–water partition coefficient (Wildman–Crippen LogP) is 15.1. The number of rotatable bonds is 6. The van der Waals surface area contributed by atoms with Crippen molar-refractivity contribution in [2.24, 2.45) is 0 Å². The third kappa shape index (κ3) is 5.20. The first kappa shape index (κ1) is 31.2. The molecule has 0 unspecified atom stereocenters. The van der Waals surface area contributed by atoms with Crippen LogP contribution in [0.25, 0.3) is 88.0 Å². The lowest BCUT2D eigenvalue weighted by Crippen LogP contribution is -2.12. The van der Waals surface area contributed by atoms with Gasteiger partial charge in [-0.1, -0.05) is 140 Å². The van der Waals surface area contributed by atoms with Gasteiger partial charge in [-0.15, -0.1) is 0 Å². The van der Waals surface area contributed by atoms with Crippen LogP contribution in [0.1, 0.15) is 0 Å². The quantitative estimate of drug-likeness (QED) is 0.173. The van der Waals surface area contributed by atoms with E-state index in [0.717, 1.165) is 99.5 Å². The van der Waals surface area contributed by atoms with E-state index in [1.165, 1.54) is 5.56 Å². The smallest absolute Gasteiger partial charge is 0.143 e. The molecule has 55 heavy (non-hydrogen) atoms. The molecule has 0 N–H and O–H groups in total. The Balaban J connectivity index is 1.17. The largest absolute Gasteiger partial charge is 0.456 e. The monoisotopic (exact) mass is 703 g/mol. The summed E-state index contributed by atoms with van der Waals surface area (Å²) in [6.07, 6.45) is 0. The van der Waals surface area contributed by atoms with Gasteiger partial charge in [-0.05, 0) is 93.9 Å². The van der Waals surface area contributed by atoms with Crippen LogP contribution in [0.15, 0.2) is 209 Å². The van der Waals surface area contributed by atoms with Crippen LogP contribution >= 0.6 is 0 Å². The van der Waals surface area contributed by atoms with Crippen LogP contribution in [0.2, 0.25) is 0 Å². The SMILES string of the molecule is c1ccc(-c2ccc(N(c3cccc(-c4ccc5c(c4)oc4ccccc45)c3)c3cccc4oc5c6ccccc6ccc5c34)c(-c3ccccc3)c2)cc1. The maximum atomic E-state index is 6.74. The lowest BCUT2D eigenvalue weighted by Gasteiger charge is -2.29. The fourth-order valence-corrected chi connectivity index (χ4v) is 8.25. The van der Waals surface area contributed by atoms with E-state index in [1.807, 2.05) is 12.1 Å². The molecule has 0 amide bonds. The fraction of sp³-hybridized carbons (Fsp3) is 0. The standard InChI is InChI=1S/C52H33NO2/c1-3-13-34(14-4-1)38-27-30-46(45(32-38)35-15-5-2-6-16-35)53(47-22-12-24-49-51(47)44-29-25-36-17-7-8-20-41(36)52(44)55-49)40-19-11-18-37(31-40)39-26-28-43-42-21-9-10-23-48(42)54-50(43)33-39/h1-33H. The first-order valence-corrected chi connectivity index (χ1v) is 18.7. The van der Waals surface area contributed by atoms with Crippen molar-refractivity contribution in [2.75, 3.05) is 4.90 Å². The summed E-state index contributed by atoms with van der Waals surface area (Å²) in [6, 6.07) is 71.0. The molecule has 0 aliphatic carbocycles. The van der Waals surface area contributed by atoms with E-state index in [2.05, 4.69) is 193 Å². The highest BCUT2D eigenvalue weighted by Gasteiger charge is 2.23. The second kappa shape index (κ2) is 12.6. The van der Waals surface area contributed by atoms with E-state index in [0.29, 0.717) is 0 Å². The van der Waals surface area contributed by atoms with Crippen molar-refractivity contribution in [2.45, 2.75) is 0 Å². The molecule has 0 radical (unpaired) electrons. The minimum Gasteiger partial charge on any atom is -0.456 e. The molecule has 0 saturated heterocycles. The summed E-state index contributed by atoms with van der Waals surface area (Å²) in [5.41, 5.74) is 13.5. The Morgan fingerprint density at radius 1 is 0.327 bits per heavy atom. The van der Waals surface area contributed by atoms with Gasteiger partial charge in [0.25, 0.3) is 0 Å². The van der Waals surface area contributed by atoms with Gasteiger partial charge in [0, 0.05) is 32.8 Å². The molecule has 11 rings (SSSR count). The Morgan fingerprint density at radius 3 is 1.84 bits per heavy atom. The molecule has 3 nitrogen and oxygen atoms in total. The van der Waals surface area contributed by atoms with E-state index in [4.69, 9.17) is 8.83 Å². The predicted molar refractivity (Wildman–Crippen MR) is 229 cm³/mol. The van der Waals surface area contributed by atoms with Crippen LogP contribution in [-0.4, -0.2) is 0 Å². The van der Waals surface area contributed by atoms with Crippen molar-refractivity contribution in [3.63, 3.8) is 0 Å². The zero-order valence-electron chi connectivity index (χ0n) is 29.8. The topological polar surface area (TPSA) is 29.5 Å². The second-order valence-electron chi connectivity index (χ2n) is 14.1. The Kier molecular flexibility index (Phi) is 7.17. The molecule has 0 aliphatic heterocycles. The van der Waals surface area contributed by atoms with E-state index in [1.54, 1.807) is 0 Å². The first-order chi connectivity index (χ1) is 27.3. The lowest BCUT2D eigenvalue weighted by molar-refractivity contribution is 0.669. The Morgan fingerprint density at radius 2 is 0.964 bits per heavy atom. The summed E-state index contributed by atoms with van der Waals surface area (Å²) in [4.78, 5) is 2.41. The van der Waals surface area contributed by atoms with Gasteiger partial charge >= 0.3 is 0 Å². The molecule has 2 aromatic heterocycles. The van der Waals surface area contributed by atoms with Gasteiger partial charge in [0.15, 0.2) is 0 Å². The zero-order valence-corrected chi connectivity index (χ0v) is 29.8. The molecule has 11 aromatic rings. The zero-order chi connectivity index (χ0) is 36.3. The second-order valence-corrected chi connectivity index (χ2v) is 14.1. The summed E-state index contributed by atoms with van der Waals surface area (Å²) in [5.74, 6) is 0. The molecular weight excluding hydrogens is 671 g/mol. The minimum atomic E-state index is 0.850. The summed E-state index contributed by atoms with van der Waals surface area (Å²) in [5, 5.41) is 6.67. The van der Waals surface area contributed by atoms with Crippen LogP contribution in [0, 0.1) is 0 Å². The van der Waals surface area contributed by atoms with Gasteiger partial charge in [-0.2, -0.15) is 0 Å². The van der Waals surface area contributed by atoms with Gasteiger partial charge in [-0.3, -0.25) is 0 Å². The Bertz CT molecular complexity index is 3210. The van der Waals surface area contributed by atoms with E-state index >= 15 is 0 Å². The van der Waals surface area contributed by atoms with Gasteiger partial charge in [0.1, 0.15) is 22.3 Å². The Hall–Kier alpha value is -7.36. The van der Waals surface area contributed by atoms with Crippen LogP contribution in [0.3, 0.4) is 0 Å². The van der Waals surface area contributed by atoms with Crippen LogP contribution in [0.4, 0.5) is 17.1 Å². The average Bonchev–Trinajstić information content (AvgIpc) is 3.83. The highest BCUT2D eigenvalue weighted by atomic mass is 16.3. The molecule has 0 spiro atoms. The summed E-state index contributed by atoms with van der Waals surface area (Å²) in [7, 11) is 0. The number of furan rings is 2. The molecular formula is C52H33NO2. The Labute approximate surface area is 317 Å². The number of hydrogen-bond donors (Lipinski definition) is 0. The molecule has 0 saturated carbocycles. The van der Waals surface area contributed by atoms with Crippen LogP contribution in [0.5, 0.6) is 0 Å². The molecule has 0 fully saturated rings. The van der Waals surface area contributed by atoms with Crippen molar-refractivity contribution >= 4 is 71.7 Å². The third-order valence-corrected chi connectivity index (χ3v) is 10.9. The molecule has 0 atom stereocenters. The van der Waals surface area contributed by atoms with Gasteiger partial charge < -0.3 is 13.7 Å². The van der Waals surface area contributed by atoms with Crippen molar-refractivity contribution in [3.05, 3.63) is 200 Å². The van der Waals surface area contributed by atoms with Gasteiger partial charge in [0.05, 0.1) is 16.8 Å². The fourth-order valence-electron chi connectivity index (χ4n) is 8.25. The number of nitrogens with zero attached hydrogens (tertiary/aromatic N) is 1. The van der Waals surface area contributed by atoms with Crippen molar-refractivity contribution < 1.29 is 8.83 Å². The van der Waals surface area contributed by atoms with Crippen molar-refractivity contribution in [1.29, 1.82) is 0 Å². The maximum absolute atomic E-state index is 6.74. The maximum Gasteiger partial charge on any atom is 0.143 e. The summed E-state index contributed by atoms with van der Waals surface area (Å²) >= 11 is 0. The minimum absolute atomic E-state index is 0.850. The van der Waals surface area contributed by atoms with E-state index in [-0.39, 0.29) is 0 Å². The first-order valence-electron chi connectivity index (χ1n) is 18.7. The van der Waals surface area contributed by atoms with E-state index in [9.17, 15) is 0 Å². The number of hydrogen-bond acceptors (Lipinski definition) is 3. The molecule has 0 aliphatic rings. The molecule has 258 valence electrons. The van der Waals surface area contributed by atoms with E-state index < -0.39 is 0 Å². The summed E-state index contributed by atoms with van der Waals surface area (Å²) in [6.45, 7) is 0. The highest BCUT2D eigenvalue weighted by Crippen LogP contribution is 2.48. The third-order valence-electron chi connectivity index (χ3n) is 10.9. The number of para-hydroxylation sites is 1. The number of fused-ring (bicyclic) bond motifs is 8. The molecule has 2 heterocycles. The lowest BCUT2D eigenvalue weighted by atomic mass is 9.95. The van der Waals surface area contributed by atoms with Gasteiger partial charge in [-0.25, -0.2) is 0 Å². The van der Waals surface area contributed by atoms with Crippen LogP contribution < -0.4 is 4.90 Å². The van der Waals surface area contributed by atoms with Crippen molar-refractivity contribution in [3.8, 4) is 33.4 Å². The molecule has 3 heteroatoms. The van der Waals surface area contributed by atoms with Crippen molar-refractivity contribution in [1.82, 2.24) is 0 Å². The molecule has 9 aromatic carbocycles. The van der Waals surface area contributed by atoms with Crippen LogP contribution in [-0.2, 0) is 0 Å². The average molecular weight is 704 g/mol. The normalized spacial score (nSPS) is 11.6. The van der Waals surface area contributed by atoms with Gasteiger partial charge in [0.2, 0.25) is 0 Å². The molecule has 0 bridgehead atoms. The number of anilines is 3. The summed E-state index contributed by atoms with van der Waals surface area (Å²) < 4.78 is 13.1. The number of benzene rings is 9. The highest BCUT2D eigenvalue weighted by molar-refractivity contribution is 6.20.